The van der Waals surface area contributed by atoms with E-state index in [1.165, 1.54) is 18.4 Å². The van der Waals surface area contributed by atoms with Gasteiger partial charge in [0.1, 0.15) is 5.75 Å². The summed E-state index contributed by atoms with van der Waals surface area (Å²) in [6.45, 7) is 10.6. The van der Waals surface area contributed by atoms with Crippen LogP contribution in [0.15, 0.2) is 29.3 Å². The molecule has 2 aliphatic rings. The fraction of sp³-hybridized carbons (Fsp3) is 0.708. The SMILES string of the molecule is CCNC(=NCC1(c2ccc(OCC)cc2)CCOCC1)NCCCOCC1CC1.I. The monoisotopic (exact) mass is 545 g/mol. The van der Waals surface area contributed by atoms with Crippen molar-refractivity contribution in [3.63, 3.8) is 0 Å². The number of hydrogen-bond acceptors (Lipinski definition) is 4. The van der Waals surface area contributed by atoms with Crippen molar-refractivity contribution in [1.29, 1.82) is 0 Å². The van der Waals surface area contributed by atoms with Gasteiger partial charge in [-0.25, -0.2) is 0 Å². The van der Waals surface area contributed by atoms with Crippen molar-refractivity contribution in [1.82, 2.24) is 10.6 Å². The minimum Gasteiger partial charge on any atom is -0.494 e. The van der Waals surface area contributed by atoms with E-state index in [4.69, 9.17) is 19.2 Å². The van der Waals surface area contributed by atoms with Crippen LogP contribution in [-0.4, -0.2) is 58.6 Å². The molecule has 0 aromatic heterocycles. The molecule has 1 aromatic rings. The van der Waals surface area contributed by atoms with Crippen LogP contribution < -0.4 is 15.4 Å². The van der Waals surface area contributed by atoms with Gasteiger partial charge < -0.3 is 24.8 Å². The van der Waals surface area contributed by atoms with E-state index in [0.717, 1.165) is 83.0 Å². The van der Waals surface area contributed by atoms with E-state index in [1.54, 1.807) is 0 Å². The van der Waals surface area contributed by atoms with E-state index in [-0.39, 0.29) is 29.4 Å². The molecule has 0 amide bonds. The maximum atomic E-state index is 5.73. The summed E-state index contributed by atoms with van der Waals surface area (Å²) in [6, 6.07) is 8.54. The zero-order valence-electron chi connectivity index (χ0n) is 19.2. The standard InChI is InChI=1S/C24H39N3O3.HI/c1-3-25-23(26-14-5-15-29-18-20-6-7-20)27-19-24(12-16-28-17-13-24)21-8-10-22(11-9-21)30-4-2;/h8-11,20H,3-7,12-19H2,1-2H3,(H2,25,26,27);1H. The van der Waals surface area contributed by atoms with Gasteiger partial charge in [0.15, 0.2) is 5.96 Å². The van der Waals surface area contributed by atoms with Crippen LogP contribution in [0.25, 0.3) is 0 Å². The molecular weight excluding hydrogens is 505 g/mol. The first-order valence-corrected chi connectivity index (χ1v) is 11.7. The Kier molecular flexibility index (Phi) is 12.0. The van der Waals surface area contributed by atoms with Gasteiger partial charge in [-0.2, -0.15) is 0 Å². The lowest BCUT2D eigenvalue weighted by molar-refractivity contribution is 0.0531. The number of guanidine groups is 1. The smallest absolute Gasteiger partial charge is 0.191 e. The molecule has 1 saturated heterocycles. The summed E-state index contributed by atoms with van der Waals surface area (Å²) in [6.07, 6.45) is 5.65. The van der Waals surface area contributed by atoms with Crippen molar-refractivity contribution in [2.75, 3.05) is 52.7 Å². The highest BCUT2D eigenvalue weighted by Gasteiger charge is 2.34. The van der Waals surface area contributed by atoms with Gasteiger partial charge in [-0.1, -0.05) is 12.1 Å². The van der Waals surface area contributed by atoms with Gasteiger partial charge in [0.05, 0.1) is 13.2 Å². The Hall–Kier alpha value is -1.06. The highest BCUT2D eigenvalue weighted by atomic mass is 127. The summed E-state index contributed by atoms with van der Waals surface area (Å²) in [7, 11) is 0. The van der Waals surface area contributed by atoms with E-state index in [9.17, 15) is 0 Å². The molecule has 0 radical (unpaired) electrons. The van der Waals surface area contributed by atoms with Crippen molar-refractivity contribution in [3.8, 4) is 5.75 Å². The van der Waals surface area contributed by atoms with Crippen LogP contribution in [0.3, 0.4) is 0 Å². The maximum absolute atomic E-state index is 5.73. The van der Waals surface area contributed by atoms with Gasteiger partial charge in [-0.3, -0.25) is 4.99 Å². The fourth-order valence-corrected chi connectivity index (χ4v) is 3.86. The van der Waals surface area contributed by atoms with Crippen LogP contribution in [0.2, 0.25) is 0 Å². The zero-order valence-corrected chi connectivity index (χ0v) is 21.5. The third-order valence-electron chi connectivity index (χ3n) is 5.92. The van der Waals surface area contributed by atoms with Gasteiger partial charge in [0, 0.05) is 44.9 Å². The number of aliphatic imine (C=N–C) groups is 1. The molecule has 0 unspecified atom stereocenters. The summed E-state index contributed by atoms with van der Waals surface area (Å²) < 4.78 is 17.0. The molecule has 31 heavy (non-hydrogen) atoms. The average molecular weight is 546 g/mol. The molecule has 0 atom stereocenters. The molecule has 2 N–H and O–H groups in total. The molecule has 3 rings (SSSR count). The van der Waals surface area contributed by atoms with Crippen molar-refractivity contribution in [2.45, 2.75) is 51.4 Å². The lowest BCUT2D eigenvalue weighted by Gasteiger charge is -2.36. The van der Waals surface area contributed by atoms with E-state index in [1.807, 2.05) is 6.92 Å². The first-order valence-electron chi connectivity index (χ1n) is 11.7. The molecule has 2 fully saturated rings. The van der Waals surface area contributed by atoms with E-state index in [2.05, 4.69) is 41.8 Å². The van der Waals surface area contributed by atoms with Gasteiger partial charge in [0.25, 0.3) is 0 Å². The van der Waals surface area contributed by atoms with Gasteiger partial charge in [0.2, 0.25) is 0 Å². The minimum absolute atomic E-state index is 0. The second-order valence-electron chi connectivity index (χ2n) is 8.34. The Morgan fingerprint density at radius 3 is 2.52 bits per heavy atom. The van der Waals surface area contributed by atoms with Crippen molar-refractivity contribution in [2.24, 2.45) is 10.9 Å². The highest BCUT2D eigenvalue weighted by Crippen LogP contribution is 2.36. The van der Waals surface area contributed by atoms with Gasteiger partial charge >= 0.3 is 0 Å². The highest BCUT2D eigenvalue weighted by molar-refractivity contribution is 14.0. The number of nitrogens with one attached hydrogen (secondary N) is 2. The summed E-state index contributed by atoms with van der Waals surface area (Å²) in [5.41, 5.74) is 1.33. The molecule has 1 saturated carbocycles. The number of nitrogens with zero attached hydrogens (tertiary/aromatic N) is 1. The van der Waals surface area contributed by atoms with E-state index >= 15 is 0 Å². The van der Waals surface area contributed by atoms with Gasteiger partial charge in [-0.05, 0) is 69.6 Å². The lowest BCUT2D eigenvalue weighted by atomic mass is 9.74. The number of rotatable bonds is 12. The number of benzene rings is 1. The third kappa shape index (κ3) is 8.77. The Bertz CT molecular complexity index is 644. The second kappa shape index (κ2) is 14.2. The minimum atomic E-state index is 0. The van der Waals surface area contributed by atoms with Crippen molar-refractivity contribution >= 4 is 29.9 Å². The quantitative estimate of drug-likeness (QED) is 0.179. The molecule has 0 spiro atoms. The summed E-state index contributed by atoms with van der Waals surface area (Å²) >= 11 is 0. The molecular formula is C24H40IN3O3. The molecule has 1 aromatic carbocycles. The number of hydrogen-bond donors (Lipinski definition) is 2. The van der Waals surface area contributed by atoms with Gasteiger partial charge in [-0.15, -0.1) is 24.0 Å². The van der Waals surface area contributed by atoms with Crippen molar-refractivity contribution in [3.05, 3.63) is 29.8 Å². The fourth-order valence-electron chi connectivity index (χ4n) is 3.86. The Labute approximate surface area is 204 Å². The predicted molar refractivity (Wildman–Crippen MR) is 137 cm³/mol. The molecule has 6 nitrogen and oxygen atoms in total. The first-order chi connectivity index (χ1) is 14.8. The zero-order chi connectivity index (χ0) is 21.1. The first kappa shape index (κ1) is 26.2. The average Bonchev–Trinajstić information content (AvgIpc) is 3.60. The summed E-state index contributed by atoms with van der Waals surface area (Å²) in [5, 5.41) is 6.85. The third-order valence-corrected chi connectivity index (χ3v) is 5.92. The summed E-state index contributed by atoms with van der Waals surface area (Å²) in [5.74, 6) is 2.64. The van der Waals surface area contributed by atoms with E-state index in [0.29, 0.717) is 6.61 Å². The van der Waals surface area contributed by atoms with Crippen LogP contribution in [-0.2, 0) is 14.9 Å². The van der Waals surface area contributed by atoms with Crippen molar-refractivity contribution < 1.29 is 14.2 Å². The second-order valence-corrected chi connectivity index (χ2v) is 8.34. The van der Waals surface area contributed by atoms with E-state index < -0.39 is 0 Å². The van der Waals surface area contributed by atoms with Crippen LogP contribution in [0.1, 0.15) is 51.5 Å². The largest absolute Gasteiger partial charge is 0.494 e. The normalized spacial score (nSPS) is 18.2. The van der Waals surface area contributed by atoms with Crippen LogP contribution in [0, 0.1) is 5.92 Å². The molecule has 176 valence electrons. The Morgan fingerprint density at radius 1 is 1.13 bits per heavy atom. The maximum Gasteiger partial charge on any atom is 0.191 e. The lowest BCUT2D eigenvalue weighted by Crippen LogP contribution is -2.41. The van der Waals surface area contributed by atoms with Crippen LogP contribution in [0.5, 0.6) is 5.75 Å². The Balaban J connectivity index is 0.00000341. The predicted octanol–water partition coefficient (Wildman–Crippen LogP) is 4.12. The molecule has 1 aliphatic carbocycles. The van der Waals surface area contributed by atoms with Crippen LogP contribution in [0.4, 0.5) is 0 Å². The molecule has 1 heterocycles. The summed E-state index contributed by atoms with van der Waals surface area (Å²) in [4.78, 5) is 4.97. The number of ether oxygens (including phenoxy) is 3. The van der Waals surface area contributed by atoms with Crippen LogP contribution >= 0.6 is 24.0 Å². The Morgan fingerprint density at radius 2 is 1.87 bits per heavy atom. The molecule has 1 aliphatic heterocycles. The molecule has 0 bridgehead atoms. The topological polar surface area (TPSA) is 64.1 Å². The number of halogens is 1. The molecule has 7 heteroatoms.